The van der Waals surface area contributed by atoms with Gasteiger partial charge in [-0.25, -0.2) is 4.98 Å². The summed E-state index contributed by atoms with van der Waals surface area (Å²) in [4.78, 5) is 52.4. The first-order chi connectivity index (χ1) is 35.1. The van der Waals surface area contributed by atoms with E-state index in [1.165, 1.54) is 41.7 Å². The number of amides is 3. The lowest BCUT2D eigenvalue weighted by Crippen LogP contribution is -2.58. The average Bonchev–Trinajstić information content (AvgIpc) is 4.08. The van der Waals surface area contributed by atoms with E-state index in [1.807, 2.05) is 69.6 Å². The second kappa shape index (κ2) is 25.2. The Balaban J connectivity index is 0.651. The molecule has 0 spiro atoms. The minimum atomic E-state index is -0.943. The fraction of sp³-hybridized carbons (Fsp3) is 0.684. The molecule has 3 amide bonds. The monoisotopic (exact) mass is 1030 g/mol. The first-order valence-corrected chi connectivity index (χ1v) is 28.2. The number of aliphatic hydroxyl groups excluding tert-OH is 2. The number of aryl methyl sites for hydroxylation is 1. The number of fused-ring (bicyclic) bond motifs is 5. The summed E-state index contributed by atoms with van der Waals surface area (Å²) in [6, 6.07) is 12.2. The number of thiazole rings is 1. The van der Waals surface area contributed by atoms with Crippen LogP contribution in [0.15, 0.2) is 48.0 Å². The van der Waals surface area contributed by atoms with Crippen LogP contribution in [0.5, 0.6) is 5.75 Å². The highest BCUT2D eigenvalue weighted by molar-refractivity contribution is 7.13. The smallest absolute Gasteiger partial charge is 0.246 e. The van der Waals surface area contributed by atoms with E-state index < -0.39 is 35.4 Å². The van der Waals surface area contributed by atoms with Crippen LogP contribution in [-0.2, 0) is 41.6 Å². The molecule has 9 unspecified atom stereocenters. The van der Waals surface area contributed by atoms with Gasteiger partial charge in [0.1, 0.15) is 24.4 Å². The van der Waals surface area contributed by atoms with Gasteiger partial charge in [-0.2, -0.15) is 0 Å². The third-order valence-electron chi connectivity index (χ3n) is 17.1. The van der Waals surface area contributed by atoms with Crippen molar-refractivity contribution in [1.82, 2.24) is 30.3 Å². The lowest BCUT2D eigenvalue weighted by molar-refractivity contribution is -0.144. The lowest BCUT2D eigenvalue weighted by atomic mass is 9.52. The first kappa shape index (κ1) is 55.2. The molecule has 9 atom stereocenters. The zero-order valence-corrected chi connectivity index (χ0v) is 45.0. The minimum absolute atomic E-state index is 0.0000732. The second-order valence-corrected chi connectivity index (χ2v) is 23.9. The number of benzene rings is 2. The van der Waals surface area contributed by atoms with Crippen LogP contribution < -0.4 is 10.6 Å². The summed E-state index contributed by atoms with van der Waals surface area (Å²) in [5.74, 6) is 1.57. The van der Waals surface area contributed by atoms with Crippen LogP contribution >= 0.6 is 11.3 Å². The van der Waals surface area contributed by atoms with Crippen molar-refractivity contribution in [2.24, 2.45) is 28.6 Å². The summed E-state index contributed by atoms with van der Waals surface area (Å²) in [5.41, 5.74) is 6.95. The van der Waals surface area contributed by atoms with Gasteiger partial charge in [0.05, 0.1) is 61.3 Å². The number of piperazine rings is 1. The van der Waals surface area contributed by atoms with Crippen molar-refractivity contribution in [2.45, 2.75) is 136 Å². The largest absolute Gasteiger partial charge is 0.508 e. The number of carbonyl (C=O) groups is 3. The molecule has 5 aliphatic rings. The predicted octanol–water partition coefficient (Wildman–Crippen LogP) is 6.30. The van der Waals surface area contributed by atoms with E-state index in [0.29, 0.717) is 55.8 Å². The summed E-state index contributed by atoms with van der Waals surface area (Å²) >= 11 is 1.58. The standard InChI is InChI=1S/C57H84N6O9S/c1-38-52(73-37-59-38)40-12-10-39(11-13-40)34-58-54(68)48-33-44(65)35-63(48)55(69)53(56(2,3)4)60-50(67)36-72-30-29-71-28-27-70-26-25-62-23-21-61(22-24-62)20-8-6-7-9-41-31-42-32-43(64)14-15-45(42)46-18-19-57(5)47(51(41)46)16-17-49(57)66/h10-15,32,37,41,44,46-49,51,53,64-66H,6-9,16-31,33-36H2,1-5H3,(H,58,68)(H,60,67). The third-order valence-corrected chi connectivity index (χ3v) is 18.1. The van der Waals surface area contributed by atoms with E-state index in [0.717, 1.165) is 93.1 Å². The molecule has 5 N–H and O–H groups in total. The van der Waals surface area contributed by atoms with Gasteiger partial charge in [-0.3, -0.25) is 19.3 Å². The van der Waals surface area contributed by atoms with Gasteiger partial charge in [-0.1, -0.05) is 70.9 Å². The summed E-state index contributed by atoms with van der Waals surface area (Å²) in [7, 11) is 0. The summed E-state index contributed by atoms with van der Waals surface area (Å²) in [6.45, 7) is 18.2. The number of likely N-dealkylation sites (tertiary alicyclic amines) is 1. The SMILES string of the molecule is Cc1ncsc1-c1ccc(CNC(=O)C2CC(O)CN2C(=O)C(NC(=O)COCCOCCOCCN2CCN(CCCCCC3Cc4cc(O)ccc4C4CCC5(C)C(O)CCC5C34)CC2)C(C)(C)C)cc1. The van der Waals surface area contributed by atoms with E-state index >= 15 is 0 Å². The number of hydrogen-bond acceptors (Lipinski definition) is 13. The van der Waals surface area contributed by atoms with Crippen molar-refractivity contribution in [3.63, 3.8) is 0 Å². The minimum Gasteiger partial charge on any atom is -0.508 e. The van der Waals surface area contributed by atoms with E-state index in [4.69, 9.17) is 14.2 Å². The first-order valence-electron chi connectivity index (χ1n) is 27.3. The van der Waals surface area contributed by atoms with Crippen molar-refractivity contribution in [1.29, 1.82) is 0 Å². The summed E-state index contributed by atoms with van der Waals surface area (Å²) in [5, 5.41) is 37.7. The molecule has 0 radical (unpaired) electrons. The normalized spacial score (nSPS) is 26.8. The van der Waals surface area contributed by atoms with Gasteiger partial charge in [0.15, 0.2) is 0 Å². The number of aliphatic hydroxyl groups is 2. The molecule has 3 heterocycles. The van der Waals surface area contributed by atoms with Crippen LogP contribution in [0, 0.1) is 35.5 Å². The Morgan fingerprint density at radius 1 is 0.890 bits per heavy atom. The Morgan fingerprint density at radius 2 is 1.60 bits per heavy atom. The lowest BCUT2D eigenvalue weighted by Gasteiger charge is -2.53. The molecule has 3 aromatic rings. The Morgan fingerprint density at radius 3 is 2.32 bits per heavy atom. The van der Waals surface area contributed by atoms with Crippen LogP contribution in [0.3, 0.4) is 0 Å². The Hall–Kier alpha value is -4.00. The number of nitrogens with one attached hydrogen (secondary N) is 2. The number of phenolic OH excluding ortho intramolecular Hbond substituents is 1. The number of rotatable bonds is 23. The molecule has 2 aliphatic heterocycles. The molecule has 2 aromatic carbocycles. The number of β-amino-alcohol motifs (C(OH)–C–C–N with tert-alkyl or cyclic N) is 1. The van der Waals surface area contributed by atoms with Crippen LogP contribution in [0.1, 0.15) is 114 Å². The van der Waals surface area contributed by atoms with Crippen molar-refractivity contribution < 1.29 is 43.9 Å². The summed E-state index contributed by atoms with van der Waals surface area (Å²) in [6.07, 6.45) is 9.44. The number of unbranched alkanes of at least 4 members (excludes halogenated alkanes) is 2. The van der Waals surface area contributed by atoms with E-state index in [9.17, 15) is 29.7 Å². The van der Waals surface area contributed by atoms with E-state index in [1.54, 1.807) is 11.3 Å². The second-order valence-electron chi connectivity index (χ2n) is 23.0. The molecule has 2 saturated carbocycles. The number of nitrogens with zero attached hydrogens (tertiary/aromatic N) is 4. The maximum Gasteiger partial charge on any atom is 0.246 e. The number of aromatic hydroxyl groups is 1. The molecule has 16 heteroatoms. The van der Waals surface area contributed by atoms with Gasteiger partial charge in [0.25, 0.3) is 0 Å². The van der Waals surface area contributed by atoms with Crippen molar-refractivity contribution >= 4 is 29.1 Å². The van der Waals surface area contributed by atoms with Crippen molar-refractivity contribution in [3.05, 3.63) is 70.4 Å². The van der Waals surface area contributed by atoms with Gasteiger partial charge >= 0.3 is 0 Å². The van der Waals surface area contributed by atoms with E-state index in [2.05, 4.69) is 38.4 Å². The zero-order chi connectivity index (χ0) is 51.7. The van der Waals surface area contributed by atoms with Gasteiger partial charge < -0.3 is 50.0 Å². The molecule has 3 aliphatic carbocycles. The molecule has 4 fully saturated rings. The average molecular weight is 1030 g/mol. The topological polar surface area (TPSA) is 186 Å². The third kappa shape index (κ3) is 13.9. The van der Waals surface area contributed by atoms with Crippen LogP contribution in [0.25, 0.3) is 10.4 Å². The molecular formula is C57H84N6O9S. The molecule has 15 nitrogen and oxygen atoms in total. The predicted molar refractivity (Wildman–Crippen MR) is 283 cm³/mol. The molecular weight excluding hydrogens is 945 g/mol. The molecule has 73 heavy (non-hydrogen) atoms. The number of carbonyl (C=O) groups excluding carboxylic acids is 3. The van der Waals surface area contributed by atoms with Gasteiger partial charge in [-0.05, 0) is 127 Å². The van der Waals surface area contributed by atoms with Crippen molar-refractivity contribution in [3.8, 4) is 16.2 Å². The fourth-order valence-electron chi connectivity index (χ4n) is 13.0. The maximum atomic E-state index is 14.0. The van der Waals surface area contributed by atoms with Crippen LogP contribution in [0.4, 0.5) is 0 Å². The van der Waals surface area contributed by atoms with Crippen LogP contribution in [0.2, 0.25) is 0 Å². The molecule has 402 valence electrons. The number of phenols is 1. The number of ether oxygens (including phenoxy) is 3. The maximum absolute atomic E-state index is 14.0. The fourth-order valence-corrected chi connectivity index (χ4v) is 13.8. The highest BCUT2D eigenvalue weighted by Crippen LogP contribution is 2.62. The van der Waals surface area contributed by atoms with Gasteiger partial charge in [0.2, 0.25) is 17.7 Å². The molecule has 1 aromatic heterocycles. The molecule has 2 saturated heterocycles. The number of hydrogen-bond donors (Lipinski definition) is 5. The zero-order valence-electron chi connectivity index (χ0n) is 44.2. The highest BCUT2D eigenvalue weighted by atomic mass is 32.1. The van der Waals surface area contributed by atoms with E-state index in [-0.39, 0.29) is 50.2 Å². The molecule has 8 rings (SSSR count). The van der Waals surface area contributed by atoms with Crippen molar-refractivity contribution in [2.75, 3.05) is 85.5 Å². The van der Waals surface area contributed by atoms with Crippen LogP contribution in [-0.4, -0.2) is 162 Å². The van der Waals surface area contributed by atoms with Gasteiger partial charge in [-0.15, -0.1) is 11.3 Å². The van der Waals surface area contributed by atoms with Gasteiger partial charge in [0, 0.05) is 52.2 Å². The Kier molecular flexibility index (Phi) is 19.1. The Labute approximate surface area is 437 Å². The quantitative estimate of drug-likeness (QED) is 0.0669. The Bertz CT molecular complexity index is 2280. The summed E-state index contributed by atoms with van der Waals surface area (Å²) < 4.78 is 17.2. The molecule has 0 bridgehead atoms. The highest BCUT2D eigenvalue weighted by Gasteiger charge is 2.56. The number of aromatic nitrogens is 1.